The highest BCUT2D eigenvalue weighted by molar-refractivity contribution is 5.15. The second kappa shape index (κ2) is 21.9. The normalized spacial score (nSPS) is 58.0. The van der Waals surface area contributed by atoms with Gasteiger partial charge >= 0.3 is 0 Å². The van der Waals surface area contributed by atoms with Gasteiger partial charge in [-0.1, -0.05) is 43.4 Å². The van der Waals surface area contributed by atoms with Crippen LogP contribution >= 0.6 is 0 Å². The van der Waals surface area contributed by atoms with Crippen LogP contribution in [0.25, 0.3) is 0 Å². The first kappa shape index (κ1) is 57.2. The van der Waals surface area contributed by atoms with Gasteiger partial charge in [-0.3, -0.25) is 0 Å². The van der Waals surface area contributed by atoms with Crippen molar-refractivity contribution in [1.29, 1.82) is 0 Å². The van der Waals surface area contributed by atoms with Crippen molar-refractivity contribution in [3.8, 4) is 0 Å². The molecule has 0 bridgehead atoms. The highest BCUT2D eigenvalue weighted by Crippen LogP contribution is 2.54. The van der Waals surface area contributed by atoms with Crippen LogP contribution in [0.3, 0.4) is 0 Å². The Labute approximate surface area is 476 Å². The van der Waals surface area contributed by atoms with Gasteiger partial charge in [0.1, 0.15) is 29.5 Å². The van der Waals surface area contributed by atoms with Gasteiger partial charge in [0.05, 0.1) is 152 Å². The summed E-state index contributed by atoms with van der Waals surface area (Å²) in [6.45, 7) is 10.4. The summed E-state index contributed by atoms with van der Waals surface area (Å²) in [5, 5.41) is 56.1. The summed E-state index contributed by atoms with van der Waals surface area (Å²) in [7, 11) is 0. The topological polar surface area (TPSA) is 230 Å². The van der Waals surface area contributed by atoms with Crippen molar-refractivity contribution in [2.24, 2.45) is 5.92 Å². The van der Waals surface area contributed by atoms with E-state index in [1.54, 1.807) is 0 Å². The largest absolute Gasteiger partial charge is 0.393 e. The molecule has 14 rings (SSSR count). The van der Waals surface area contributed by atoms with Crippen LogP contribution in [0.1, 0.15) is 150 Å². The van der Waals surface area contributed by atoms with Crippen molar-refractivity contribution in [3.63, 3.8) is 0 Å². The first-order valence-corrected chi connectivity index (χ1v) is 31.5. The Morgan fingerprint density at radius 1 is 0.432 bits per heavy atom. The van der Waals surface area contributed by atoms with Crippen LogP contribution in [-0.4, -0.2) is 220 Å². The molecule has 0 aromatic rings. The molecule has 454 valence electrons. The molecule has 14 aliphatic heterocycles. The Morgan fingerprint density at radius 2 is 0.951 bits per heavy atom. The molecule has 5 N–H and O–H groups in total. The molecule has 11 fully saturated rings. The molecule has 0 radical (unpaired) electrons. The number of ether oxygens (including phenoxy) is 14. The second-order valence-corrected chi connectivity index (χ2v) is 28.0. The maximum absolute atomic E-state index is 12.5. The third kappa shape index (κ3) is 10.7. The second-order valence-electron chi connectivity index (χ2n) is 28.0. The third-order valence-electron chi connectivity index (χ3n) is 22.2. The zero-order chi connectivity index (χ0) is 55.8. The van der Waals surface area contributed by atoms with Gasteiger partial charge < -0.3 is 91.8 Å². The summed E-state index contributed by atoms with van der Waals surface area (Å²) in [5.41, 5.74) is -3.58. The van der Waals surface area contributed by atoms with Crippen LogP contribution in [0.15, 0.2) is 36.5 Å². The van der Waals surface area contributed by atoms with Crippen LogP contribution in [0, 0.1) is 5.92 Å². The Balaban J connectivity index is 0.649. The molecule has 0 amide bonds. The lowest BCUT2D eigenvalue weighted by Crippen LogP contribution is -2.66. The quantitative estimate of drug-likeness (QED) is 0.225. The van der Waals surface area contributed by atoms with Gasteiger partial charge in [-0.25, -0.2) is 0 Å². The summed E-state index contributed by atoms with van der Waals surface area (Å²) in [5.74, 6) is -1.40. The number of fused-ring (bicyclic) bond motifs is 13. The van der Waals surface area contributed by atoms with Crippen LogP contribution in [0.2, 0.25) is 0 Å². The molecule has 31 atom stereocenters. The molecule has 19 heteroatoms. The van der Waals surface area contributed by atoms with E-state index < -0.39 is 89.7 Å². The van der Waals surface area contributed by atoms with Crippen LogP contribution in [-0.2, 0) is 66.3 Å². The molecule has 0 saturated carbocycles. The lowest BCUT2D eigenvalue weighted by molar-refractivity contribution is -0.347. The number of rotatable bonds is 1. The van der Waals surface area contributed by atoms with E-state index in [1.807, 2.05) is 20.8 Å². The molecule has 14 aliphatic rings. The van der Waals surface area contributed by atoms with E-state index in [9.17, 15) is 25.5 Å². The number of aliphatic hydroxyl groups excluding tert-OH is 4. The van der Waals surface area contributed by atoms with Gasteiger partial charge in [0.15, 0.2) is 5.79 Å². The van der Waals surface area contributed by atoms with Crippen molar-refractivity contribution in [1.82, 2.24) is 0 Å². The molecule has 0 aromatic carbocycles. The lowest BCUT2D eigenvalue weighted by atomic mass is 9.76. The number of hydrogen-bond donors (Lipinski definition) is 5. The maximum atomic E-state index is 12.5. The van der Waals surface area contributed by atoms with Crippen molar-refractivity contribution in [2.75, 3.05) is 13.2 Å². The van der Waals surface area contributed by atoms with E-state index in [2.05, 4.69) is 50.3 Å². The first-order valence-electron chi connectivity index (χ1n) is 31.5. The first-order chi connectivity index (χ1) is 38.8. The summed E-state index contributed by atoms with van der Waals surface area (Å²) in [6, 6.07) is 0. The van der Waals surface area contributed by atoms with Crippen molar-refractivity contribution in [2.45, 2.75) is 331 Å². The van der Waals surface area contributed by atoms with E-state index in [-0.39, 0.29) is 110 Å². The number of aliphatic hydroxyl groups is 5. The minimum Gasteiger partial charge on any atom is -0.393 e. The Bertz CT molecular complexity index is 2340. The van der Waals surface area contributed by atoms with Gasteiger partial charge in [0.25, 0.3) is 0 Å². The molecule has 0 spiro atoms. The fraction of sp³-hybridized carbons (Fsp3) is 0.903. The minimum absolute atomic E-state index is 0.0943. The molecule has 19 nitrogen and oxygen atoms in total. The predicted octanol–water partition coefficient (Wildman–Crippen LogP) is 4.64. The molecule has 0 aromatic heterocycles. The molecular weight excluding hydrogens is 1050 g/mol. The standard InChI is InChI=1S/C62H92O19/c1-32-21-41-45(26-47-49(73-41)28-53(66)61(5)57(77-47)30-59(3)55(79-61)16-15-54-58(2,81-59)18-19-62(67,31-63)80-54)75-50-29-56-60(4,78-51(50)22-32)52(65)27-48-37(76-56)10-7-6-9-34-35(71-48)11-8-12-36-38(69-34)13-14-39-43(70-36)25-46-44(72-39)24-40-42(74-46)23-33(64)17-20-68-40/h6-8,11,13-14,32-57,63-67H,9-10,12,15-31H2,1-5H3. The van der Waals surface area contributed by atoms with Gasteiger partial charge in [-0.15, -0.1) is 0 Å². The van der Waals surface area contributed by atoms with Gasteiger partial charge in [0.2, 0.25) is 0 Å². The Kier molecular flexibility index (Phi) is 15.5. The van der Waals surface area contributed by atoms with Crippen LogP contribution in [0.4, 0.5) is 0 Å². The highest BCUT2D eigenvalue weighted by atomic mass is 16.7. The van der Waals surface area contributed by atoms with Gasteiger partial charge in [0, 0.05) is 64.4 Å². The summed E-state index contributed by atoms with van der Waals surface area (Å²) in [4.78, 5) is 0. The monoisotopic (exact) mass is 1140 g/mol. The maximum Gasteiger partial charge on any atom is 0.189 e. The van der Waals surface area contributed by atoms with Crippen molar-refractivity contribution >= 4 is 0 Å². The van der Waals surface area contributed by atoms with Crippen molar-refractivity contribution < 1.29 is 91.8 Å². The van der Waals surface area contributed by atoms with Gasteiger partial charge in [-0.2, -0.15) is 0 Å². The minimum atomic E-state index is -1.61. The van der Waals surface area contributed by atoms with E-state index in [1.165, 1.54) is 0 Å². The average Bonchev–Trinajstić information content (AvgIpc) is 3.83. The third-order valence-corrected chi connectivity index (χ3v) is 22.2. The van der Waals surface area contributed by atoms with E-state index in [0.29, 0.717) is 96.5 Å². The zero-order valence-corrected chi connectivity index (χ0v) is 48.1. The molecular formula is C62H92O19. The van der Waals surface area contributed by atoms with E-state index in [4.69, 9.17) is 66.3 Å². The smallest absolute Gasteiger partial charge is 0.189 e. The summed E-state index contributed by atoms with van der Waals surface area (Å²) in [6.07, 6.45) is 13.7. The molecule has 0 aliphatic carbocycles. The van der Waals surface area contributed by atoms with Crippen molar-refractivity contribution in [3.05, 3.63) is 36.5 Å². The summed E-state index contributed by atoms with van der Waals surface area (Å²) >= 11 is 0. The SMILES string of the molecule is CC1CC2OC3CC(O)C4(C)OC5CCC6OC(O)(CO)CCC6(C)OC5(C)CC4OC3CC2OC2CC3OC4CC=CCC5OC6C=CC7OC8CC9OCCC(O)CC9OC8CC7OC6CC=CC5OC4CC(O)C3(C)OC2C1. The van der Waals surface area contributed by atoms with Crippen LogP contribution in [0.5, 0.6) is 0 Å². The molecule has 11 saturated heterocycles. The molecule has 14 heterocycles. The average molecular weight is 1140 g/mol. The Morgan fingerprint density at radius 3 is 1.70 bits per heavy atom. The molecule has 81 heavy (non-hydrogen) atoms. The van der Waals surface area contributed by atoms with Crippen LogP contribution < -0.4 is 0 Å². The fourth-order valence-corrected chi connectivity index (χ4v) is 17.3. The zero-order valence-electron chi connectivity index (χ0n) is 48.1. The lowest BCUT2D eigenvalue weighted by Gasteiger charge is -2.55. The number of hydrogen-bond acceptors (Lipinski definition) is 19. The molecule has 31 unspecified atom stereocenters. The van der Waals surface area contributed by atoms with Gasteiger partial charge in [-0.05, 0) is 91.4 Å². The predicted molar refractivity (Wildman–Crippen MR) is 287 cm³/mol. The Hall–Kier alpha value is -1.54. The van der Waals surface area contributed by atoms with E-state index in [0.717, 1.165) is 19.3 Å². The highest BCUT2D eigenvalue weighted by Gasteiger charge is 2.64. The van der Waals surface area contributed by atoms with E-state index >= 15 is 0 Å². The summed E-state index contributed by atoms with van der Waals surface area (Å²) < 4.78 is 96.8. The fourth-order valence-electron chi connectivity index (χ4n) is 17.3.